The molecule has 0 bridgehead atoms. The molecule has 0 aliphatic heterocycles. The van der Waals surface area contributed by atoms with Crippen LogP contribution in [0, 0.1) is 22.9 Å². The minimum atomic E-state index is -1.56. The quantitative estimate of drug-likeness (QED) is 0.747. The summed E-state index contributed by atoms with van der Waals surface area (Å²) in [4.78, 5) is 13.3. The molecule has 1 rings (SSSR count). The van der Waals surface area contributed by atoms with Crippen molar-refractivity contribution in [2.45, 2.75) is 20.8 Å². The molecule has 0 aromatic heterocycles. The molecule has 1 amide bonds. The highest BCUT2D eigenvalue weighted by Crippen LogP contribution is 2.18. The largest absolute Gasteiger partial charge is 0.341 e. The van der Waals surface area contributed by atoms with Crippen molar-refractivity contribution in [1.82, 2.24) is 4.90 Å². The zero-order valence-corrected chi connectivity index (χ0v) is 10.9. The van der Waals surface area contributed by atoms with Gasteiger partial charge in [-0.3, -0.25) is 4.79 Å². The molecule has 0 heterocycles. The van der Waals surface area contributed by atoms with E-state index in [1.807, 2.05) is 20.8 Å². The Balaban J connectivity index is 2.98. The lowest BCUT2D eigenvalue weighted by Crippen LogP contribution is -2.34. The van der Waals surface area contributed by atoms with Gasteiger partial charge in [0.05, 0.1) is 0 Å². The molecule has 1 aromatic rings. The van der Waals surface area contributed by atoms with E-state index in [1.165, 1.54) is 11.9 Å². The highest BCUT2D eigenvalue weighted by molar-refractivity contribution is 5.94. The molecule has 0 aliphatic carbocycles. The van der Waals surface area contributed by atoms with E-state index in [2.05, 4.69) is 0 Å². The summed E-state index contributed by atoms with van der Waals surface area (Å²) in [6, 6.07) is 1.42. The monoisotopic (exact) mass is 259 g/mol. The average molecular weight is 259 g/mol. The predicted molar refractivity (Wildman–Crippen MR) is 62.7 cm³/mol. The SMILES string of the molecule is CN(CC(C)(C)C)C(=O)c1cc(F)c(F)c(F)c1. The van der Waals surface area contributed by atoms with Crippen LogP contribution < -0.4 is 0 Å². The van der Waals surface area contributed by atoms with Crippen molar-refractivity contribution in [3.05, 3.63) is 35.1 Å². The number of nitrogens with zero attached hydrogens (tertiary/aromatic N) is 1. The third-order valence-corrected chi connectivity index (χ3v) is 2.29. The summed E-state index contributed by atoms with van der Waals surface area (Å²) in [7, 11) is 1.53. The van der Waals surface area contributed by atoms with Crippen LogP contribution in [-0.4, -0.2) is 24.4 Å². The van der Waals surface area contributed by atoms with Crippen LogP contribution in [0.25, 0.3) is 0 Å². The summed E-state index contributed by atoms with van der Waals surface area (Å²) in [5.74, 6) is -4.82. The van der Waals surface area contributed by atoms with Crippen LogP contribution in [0.4, 0.5) is 13.2 Å². The third-order valence-electron chi connectivity index (χ3n) is 2.29. The van der Waals surface area contributed by atoms with Crippen LogP contribution >= 0.6 is 0 Å². The van der Waals surface area contributed by atoms with Crippen LogP contribution in [0.2, 0.25) is 0 Å². The molecule has 100 valence electrons. The molecule has 2 nitrogen and oxygen atoms in total. The van der Waals surface area contributed by atoms with Gasteiger partial charge in [-0.05, 0) is 17.5 Å². The topological polar surface area (TPSA) is 20.3 Å². The minimum Gasteiger partial charge on any atom is -0.341 e. The van der Waals surface area contributed by atoms with Crippen molar-refractivity contribution in [2.75, 3.05) is 13.6 Å². The van der Waals surface area contributed by atoms with Crippen LogP contribution in [0.5, 0.6) is 0 Å². The summed E-state index contributed by atoms with van der Waals surface area (Å²) in [6.07, 6.45) is 0. The molecule has 0 saturated carbocycles. The number of carbonyl (C=O) groups excluding carboxylic acids is 1. The minimum absolute atomic E-state index is 0.137. The molecule has 0 aliphatic rings. The van der Waals surface area contributed by atoms with Gasteiger partial charge in [-0.2, -0.15) is 0 Å². The van der Waals surface area contributed by atoms with Crippen molar-refractivity contribution in [3.63, 3.8) is 0 Å². The van der Waals surface area contributed by atoms with E-state index in [1.54, 1.807) is 0 Å². The van der Waals surface area contributed by atoms with Crippen LogP contribution in [-0.2, 0) is 0 Å². The van der Waals surface area contributed by atoms with E-state index < -0.39 is 23.4 Å². The van der Waals surface area contributed by atoms with Crippen LogP contribution in [0.15, 0.2) is 12.1 Å². The molecule has 0 N–H and O–H groups in total. The smallest absolute Gasteiger partial charge is 0.253 e. The van der Waals surface area contributed by atoms with E-state index in [-0.39, 0.29) is 11.0 Å². The Morgan fingerprint density at radius 2 is 1.61 bits per heavy atom. The molecule has 0 radical (unpaired) electrons. The van der Waals surface area contributed by atoms with Gasteiger partial charge in [-0.25, -0.2) is 13.2 Å². The Morgan fingerprint density at radius 1 is 1.17 bits per heavy atom. The first-order chi connectivity index (χ1) is 8.11. The van der Waals surface area contributed by atoms with Gasteiger partial charge >= 0.3 is 0 Å². The summed E-state index contributed by atoms with van der Waals surface area (Å²) >= 11 is 0. The van der Waals surface area contributed by atoms with Crippen molar-refractivity contribution in [2.24, 2.45) is 5.41 Å². The maximum Gasteiger partial charge on any atom is 0.253 e. The second kappa shape index (κ2) is 5.00. The Morgan fingerprint density at radius 3 is 2.00 bits per heavy atom. The fourth-order valence-corrected chi connectivity index (χ4v) is 1.68. The fraction of sp³-hybridized carbons (Fsp3) is 0.462. The summed E-state index contributed by atoms with van der Waals surface area (Å²) in [5.41, 5.74) is -0.334. The van der Waals surface area contributed by atoms with Crippen molar-refractivity contribution < 1.29 is 18.0 Å². The van der Waals surface area contributed by atoms with Gasteiger partial charge in [0.25, 0.3) is 5.91 Å². The van der Waals surface area contributed by atoms with Gasteiger partial charge in [-0.15, -0.1) is 0 Å². The number of rotatable bonds is 2. The highest BCUT2D eigenvalue weighted by Gasteiger charge is 2.21. The van der Waals surface area contributed by atoms with E-state index in [9.17, 15) is 18.0 Å². The number of halogens is 3. The zero-order valence-electron chi connectivity index (χ0n) is 10.9. The lowest BCUT2D eigenvalue weighted by molar-refractivity contribution is 0.0744. The second-order valence-corrected chi connectivity index (χ2v) is 5.48. The van der Waals surface area contributed by atoms with Gasteiger partial charge in [0.2, 0.25) is 0 Å². The first kappa shape index (κ1) is 14.5. The Labute approximate surface area is 104 Å². The van der Waals surface area contributed by atoms with Crippen LogP contribution in [0.1, 0.15) is 31.1 Å². The first-order valence-corrected chi connectivity index (χ1v) is 5.52. The Kier molecular flexibility index (Phi) is 4.04. The fourth-order valence-electron chi connectivity index (χ4n) is 1.68. The van der Waals surface area contributed by atoms with Gasteiger partial charge in [0.15, 0.2) is 17.5 Å². The zero-order chi connectivity index (χ0) is 14.1. The van der Waals surface area contributed by atoms with Crippen molar-refractivity contribution in [1.29, 1.82) is 0 Å². The summed E-state index contributed by atoms with van der Waals surface area (Å²) in [5, 5.41) is 0. The number of hydrogen-bond donors (Lipinski definition) is 0. The molecule has 0 fully saturated rings. The normalized spacial score (nSPS) is 11.5. The Bertz CT molecular complexity index is 443. The van der Waals surface area contributed by atoms with Gasteiger partial charge in [0.1, 0.15) is 0 Å². The molecule has 18 heavy (non-hydrogen) atoms. The molecule has 0 saturated heterocycles. The number of benzene rings is 1. The van der Waals surface area contributed by atoms with Crippen molar-refractivity contribution >= 4 is 5.91 Å². The van der Waals surface area contributed by atoms with Gasteiger partial charge in [0, 0.05) is 19.2 Å². The van der Waals surface area contributed by atoms with Crippen LogP contribution in [0.3, 0.4) is 0 Å². The standard InChI is InChI=1S/C13H16F3NO/c1-13(2,3)7-17(4)12(18)8-5-9(14)11(16)10(15)6-8/h5-6H,7H2,1-4H3. The molecule has 5 heteroatoms. The van der Waals surface area contributed by atoms with E-state index in [0.717, 1.165) is 0 Å². The first-order valence-electron chi connectivity index (χ1n) is 5.52. The Hall–Kier alpha value is -1.52. The summed E-state index contributed by atoms with van der Waals surface area (Å²) in [6.45, 7) is 6.22. The average Bonchev–Trinajstić information content (AvgIpc) is 2.21. The number of carbonyl (C=O) groups is 1. The molecule has 1 aromatic carbocycles. The van der Waals surface area contributed by atoms with Gasteiger partial charge < -0.3 is 4.90 Å². The highest BCUT2D eigenvalue weighted by atomic mass is 19.2. The molecule has 0 atom stereocenters. The summed E-state index contributed by atoms with van der Waals surface area (Å²) < 4.78 is 38.8. The second-order valence-electron chi connectivity index (χ2n) is 5.48. The van der Waals surface area contributed by atoms with E-state index in [4.69, 9.17) is 0 Å². The molecular formula is C13H16F3NO. The lowest BCUT2D eigenvalue weighted by Gasteiger charge is -2.26. The van der Waals surface area contributed by atoms with Crippen molar-refractivity contribution in [3.8, 4) is 0 Å². The predicted octanol–water partition coefficient (Wildman–Crippen LogP) is 3.22. The number of amides is 1. The van der Waals surface area contributed by atoms with Gasteiger partial charge in [-0.1, -0.05) is 20.8 Å². The van der Waals surface area contributed by atoms with E-state index in [0.29, 0.717) is 18.7 Å². The molecular weight excluding hydrogens is 243 g/mol. The molecule has 0 spiro atoms. The lowest BCUT2D eigenvalue weighted by atomic mass is 9.96. The van der Waals surface area contributed by atoms with E-state index >= 15 is 0 Å². The maximum atomic E-state index is 13.0. The maximum absolute atomic E-state index is 13.0. The third kappa shape index (κ3) is 3.48. The number of hydrogen-bond acceptors (Lipinski definition) is 1. The molecule has 0 unspecified atom stereocenters.